The first-order chi connectivity index (χ1) is 6.68. The Morgan fingerprint density at radius 3 is 2.93 bits per heavy atom. The molecule has 7 nitrogen and oxygen atoms in total. The highest BCUT2D eigenvalue weighted by Gasteiger charge is 2.04. The zero-order valence-corrected chi connectivity index (χ0v) is 7.87. The Kier molecular flexibility index (Phi) is 3.80. The molecule has 1 rings (SSSR count). The van der Waals surface area contributed by atoms with Crippen LogP contribution in [-0.2, 0) is 4.79 Å². The van der Waals surface area contributed by atoms with Crippen LogP contribution in [0.1, 0.15) is 6.42 Å². The number of carboxylic acid groups (broad SMARTS) is 1. The minimum atomic E-state index is -0.957. The van der Waals surface area contributed by atoms with Gasteiger partial charge in [-0.25, -0.2) is 4.79 Å². The Labute approximate surface area is 83.2 Å². The van der Waals surface area contributed by atoms with Crippen molar-refractivity contribution in [3.8, 4) is 0 Å². The number of carbonyl (C=O) groups excluding carboxylic acids is 1. The molecule has 0 saturated carbocycles. The first-order valence-electron chi connectivity index (χ1n) is 3.71. The van der Waals surface area contributed by atoms with E-state index in [0.29, 0.717) is 5.13 Å². The summed E-state index contributed by atoms with van der Waals surface area (Å²) in [5.74, 6) is -0.957. The fourth-order valence-electron chi connectivity index (χ4n) is 0.652. The maximum Gasteiger partial charge on any atom is 0.321 e. The normalized spacial score (nSPS) is 9.43. The van der Waals surface area contributed by atoms with Crippen LogP contribution in [0.2, 0.25) is 0 Å². The second-order valence-corrected chi connectivity index (χ2v) is 3.10. The Bertz CT molecular complexity index is 313. The molecule has 76 valence electrons. The van der Waals surface area contributed by atoms with Gasteiger partial charge in [-0.2, -0.15) is 0 Å². The van der Waals surface area contributed by atoms with E-state index in [-0.39, 0.29) is 13.0 Å². The molecule has 0 unspecified atom stereocenters. The number of nitrogens with zero attached hydrogens (tertiary/aromatic N) is 2. The number of hydrogen-bond donors (Lipinski definition) is 3. The van der Waals surface area contributed by atoms with Crippen molar-refractivity contribution in [3.63, 3.8) is 0 Å². The zero-order valence-electron chi connectivity index (χ0n) is 7.06. The summed E-state index contributed by atoms with van der Waals surface area (Å²) in [6, 6.07) is -0.483. The number of anilines is 1. The number of hydrogen-bond acceptors (Lipinski definition) is 5. The first-order valence-corrected chi connectivity index (χ1v) is 4.59. The number of aliphatic carboxylic acids is 1. The van der Waals surface area contributed by atoms with Gasteiger partial charge in [0.1, 0.15) is 5.51 Å². The summed E-state index contributed by atoms with van der Waals surface area (Å²) in [5.41, 5.74) is 1.48. The molecule has 0 aromatic carbocycles. The molecule has 1 aromatic rings. The van der Waals surface area contributed by atoms with Crippen LogP contribution in [0.5, 0.6) is 0 Å². The molecule has 0 aliphatic rings. The lowest BCUT2D eigenvalue weighted by Gasteiger charge is -2.02. The molecule has 0 spiro atoms. The summed E-state index contributed by atoms with van der Waals surface area (Å²) in [6.07, 6.45) is -0.108. The third-order valence-electron chi connectivity index (χ3n) is 1.20. The third-order valence-corrected chi connectivity index (χ3v) is 1.81. The molecule has 1 aromatic heterocycles. The lowest BCUT2D eigenvalue weighted by Crippen LogP contribution is -2.30. The highest BCUT2D eigenvalue weighted by atomic mass is 32.1. The lowest BCUT2D eigenvalue weighted by molar-refractivity contribution is -0.136. The van der Waals surface area contributed by atoms with Crippen LogP contribution in [0.4, 0.5) is 9.93 Å². The van der Waals surface area contributed by atoms with E-state index in [1.54, 1.807) is 0 Å². The van der Waals surface area contributed by atoms with Crippen LogP contribution in [0, 0.1) is 0 Å². The molecule has 0 aliphatic carbocycles. The molecular weight excluding hydrogens is 208 g/mol. The number of amides is 2. The topological polar surface area (TPSA) is 104 Å². The van der Waals surface area contributed by atoms with Crippen LogP contribution < -0.4 is 10.6 Å². The summed E-state index contributed by atoms with van der Waals surface area (Å²) >= 11 is 1.18. The monoisotopic (exact) mass is 216 g/mol. The summed E-state index contributed by atoms with van der Waals surface area (Å²) in [5, 5.41) is 20.5. The quantitative estimate of drug-likeness (QED) is 0.663. The minimum Gasteiger partial charge on any atom is -0.481 e. The molecule has 0 radical (unpaired) electrons. The van der Waals surface area contributed by atoms with Crippen LogP contribution in [-0.4, -0.2) is 33.8 Å². The highest BCUT2D eigenvalue weighted by Crippen LogP contribution is 2.06. The number of carboxylic acids is 1. The van der Waals surface area contributed by atoms with Gasteiger partial charge in [0.05, 0.1) is 6.42 Å². The van der Waals surface area contributed by atoms with Crippen molar-refractivity contribution in [2.45, 2.75) is 6.42 Å². The SMILES string of the molecule is O=C(O)CCNC(=O)Nc1nncs1. The molecule has 1 heterocycles. The van der Waals surface area contributed by atoms with Crippen molar-refractivity contribution >= 4 is 28.5 Å². The van der Waals surface area contributed by atoms with Crippen molar-refractivity contribution in [3.05, 3.63) is 5.51 Å². The van der Waals surface area contributed by atoms with E-state index in [0.717, 1.165) is 0 Å². The van der Waals surface area contributed by atoms with Gasteiger partial charge in [0.15, 0.2) is 0 Å². The summed E-state index contributed by atoms with van der Waals surface area (Å²) < 4.78 is 0. The van der Waals surface area contributed by atoms with E-state index < -0.39 is 12.0 Å². The average molecular weight is 216 g/mol. The van der Waals surface area contributed by atoms with E-state index in [9.17, 15) is 9.59 Å². The van der Waals surface area contributed by atoms with Crippen LogP contribution >= 0.6 is 11.3 Å². The van der Waals surface area contributed by atoms with E-state index in [1.807, 2.05) is 0 Å². The standard InChI is InChI=1S/C6H8N4O3S/c11-4(12)1-2-7-5(13)9-6-10-8-3-14-6/h3H,1-2H2,(H,11,12)(H2,7,9,10,13). The first kappa shape index (κ1) is 10.4. The molecule has 14 heavy (non-hydrogen) atoms. The van der Waals surface area contributed by atoms with Gasteiger partial charge in [-0.15, -0.1) is 10.2 Å². The summed E-state index contributed by atoms with van der Waals surface area (Å²) in [7, 11) is 0. The van der Waals surface area contributed by atoms with Crippen LogP contribution in [0.3, 0.4) is 0 Å². The second kappa shape index (κ2) is 5.12. The highest BCUT2D eigenvalue weighted by molar-refractivity contribution is 7.13. The molecule has 3 N–H and O–H groups in total. The van der Waals surface area contributed by atoms with Crippen LogP contribution in [0.15, 0.2) is 5.51 Å². The van der Waals surface area contributed by atoms with E-state index >= 15 is 0 Å². The summed E-state index contributed by atoms with van der Waals surface area (Å²) in [4.78, 5) is 21.1. The number of urea groups is 1. The van der Waals surface area contributed by atoms with Gasteiger partial charge >= 0.3 is 12.0 Å². The van der Waals surface area contributed by atoms with Gasteiger partial charge in [-0.3, -0.25) is 10.1 Å². The largest absolute Gasteiger partial charge is 0.481 e. The number of rotatable bonds is 4. The summed E-state index contributed by atoms with van der Waals surface area (Å²) in [6.45, 7) is 0.0833. The molecule has 0 saturated heterocycles. The fourth-order valence-corrected chi connectivity index (χ4v) is 1.09. The van der Waals surface area contributed by atoms with Gasteiger partial charge < -0.3 is 10.4 Å². The molecule has 0 fully saturated rings. The van der Waals surface area contributed by atoms with E-state index in [1.165, 1.54) is 16.8 Å². The smallest absolute Gasteiger partial charge is 0.321 e. The van der Waals surface area contributed by atoms with Crippen molar-refractivity contribution in [2.75, 3.05) is 11.9 Å². The van der Waals surface area contributed by atoms with Crippen molar-refractivity contribution in [2.24, 2.45) is 0 Å². The Morgan fingerprint density at radius 1 is 1.57 bits per heavy atom. The fraction of sp³-hybridized carbons (Fsp3) is 0.333. The van der Waals surface area contributed by atoms with Crippen LogP contribution in [0.25, 0.3) is 0 Å². The van der Waals surface area contributed by atoms with Crippen molar-refractivity contribution < 1.29 is 14.7 Å². The molecule has 0 bridgehead atoms. The van der Waals surface area contributed by atoms with E-state index in [4.69, 9.17) is 5.11 Å². The van der Waals surface area contributed by atoms with Crippen molar-refractivity contribution in [1.29, 1.82) is 0 Å². The van der Waals surface area contributed by atoms with Gasteiger partial charge in [0, 0.05) is 6.54 Å². The molecule has 0 atom stereocenters. The molecular formula is C6H8N4O3S. The minimum absolute atomic E-state index is 0.0833. The van der Waals surface area contributed by atoms with Gasteiger partial charge in [-0.1, -0.05) is 11.3 Å². The number of aromatic nitrogens is 2. The average Bonchev–Trinajstić information content (AvgIpc) is 2.56. The molecule has 0 aliphatic heterocycles. The second-order valence-electron chi connectivity index (χ2n) is 2.27. The van der Waals surface area contributed by atoms with E-state index in [2.05, 4.69) is 20.8 Å². The lowest BCUT2D eigenvalue weighted by atomic mass is 10.4. The van der Waals surface area contributed by atoms with Gasteiger partial charge in [0.25, 0.3) is 0 Å². The maximum atomic E-state index is 11.0. The number of carbonyl (C=O) groups is 2. The molecule has 8 heteroatoms. The Morgan fingerprint density at radius 2 is 2.36 bits per heavy atom. The number of nitrogens with one attached hydrogen (secondary N) is 2. The Balaban J connectivity index is 2.20. The third kappa shape index (κ3) is 3.81. The van der Waals surface area contributed by atoms with Gasteiger partial charge in [0.2, 0.25) is 5.13 Å². The maximum absolute atomic E-state index is 11.0. The molecule has 2 amide bonds. The zero-order chi connectivity index (χ0) is 10.4. The van der Waals surface area contributed by atoms with Crippen molar-refractivity contribution in [1.82, 2.24) is 15.5 Å². The van der Waals surface area contributed by atoms with Gasteiger partial charge in [-0.05, 0) is 0 Å². The Hall–Kier alpha value is -1.70. The predicted molar refractivity (Wildman–Crippen MR) is 49.2 cm³/mol. The predicted octanol–water partition coefficient (Wildman–Crippen LogP) is 0.134.